The molecule has 18 heavy (non-hydrogen) atoms. The minimum absolute atomic E-state index is 0.215. The average Bonchev–Trinajstić information content (AvgIpc) is 2.50. The van der Waals surface area contributed by atoms with Crippen LogP contribution in [-0.4, -0.2) is 46.8 Å². The number of halogens is 3. The largest absolute Gasteiger partial charge is 0.415 e. The maximum atomic E-state index is 12.7. The SMILES string of the molecule is CC(N)(C(=O)N1CCCCCC1CO)C(F)(F)F. The number of likely N-dealkylation sites (tertiary alicyclic amines) is 1. The molecule has 1 rings (SSSR count). The fourth-order valence-corrected chi connectivity index (χ4v) is 2.05. The summed E-state index contributed by atoms with van der Waals surface area (Å²) in [5.41, 5.74) is 2.24. The van der Waals surface area contributed by atoms with Gasteiger partial charge < -0.3 is 15.7 Å². The molecular formula is C11H19F3N2O2. The number of hydrogen-bond acceptors (Lipinski definition) is 3. The summed E-state index contributed by atoms with van der Waals surface area (Å²) in [6.07, 6.45) is -2.02. The van der Waals surface area contributed by atoms with Crippen LogP contribution < -0.4 is 5.73 Å². The third-order valence-electron chi connectivity index (χ3n) is 3.38. The van der Waals surface area contributed by atoms with Crippen LogP contribution in [0.25, 0.3) is 0 Å². The van der Waals surface area contributed by atoms with Crippen LogP contribution in [0.1, 0.15) is 32.6 Å². The second kappa shape index (κ2) is 5.44. The summed E-state index contributed by atoms with van der Waals surface area (Å²) in [6, 6.07) is -0.565. The van der Waals surface area contributed by atoms with E-state index in [1.165, 1.54) is 0 Å². The first kappa shape index (κ1) is 15.2. The van der Waals surface area contributed by atoms with Gasteiger partial charge in [0.05, 0.1) is 12.6 Å². The molecule has 0 spiro atoms. The van der Waals surface area contributed by atoms with Crippen molar-refractivity contribution < 1.29 is 23.1 Å². The molecule has 0 aromatic carbocycles. The van der Waals surface area contributed by atoms with Crippen molar-refractivity contribution >= 4 is 5.91 Å². The highest BCUT2D eigenvalue weighted by Crippen LogP contribution is 2.31. The second-order valence-electron chi connectivity index (χ2n) is 4.88. The van der Waals surface area contributed by atoms with Crippen molar-refractivity contribution in [3.8, 4) is 0 Å². The van der Waals surface area contributed by atoms with Crippen molar-refractivity contribution in [1.82, 2.24) is 4.90 Å². The molecule has 4 nitrogen and oxygen atoms in total. The number of amides is 1. The zero-order valence-electron chi connectivity index (χ0n) is 10.3. The number of nitrogens with two attached hydrogens (primary N) is 1. The van der Waals surface area contributed by atoms with E-state index in [1.807, 2.05) is 0 Å². The summed E-state index contributed by atoms with van der Waals surface area (Å²) in [6.45, 7) is 0.557. The zero-order valence-corrected chi connectivity index (χ0v) is 10.3. The summed E-state index contributed by atoms with van der Waals surface area (Å²) in [7, 11) is 0. The van der Waals surface area contributed by atoms with Crippen LogP contribution in [0.5, 0.6) is 0 Å². The monoisotopic (exact) mass is 268 g/mol. The summed E-state index contributed by atoms with van der Waals surface area (Å²) in [5, 5.41) is 9.19. The van der Waals surface area contributed by atoms with E-state index in [-0.39, 0.29) is 13.2 Å². The lowest BCUT2D eigenvalue weighted by Crippen LogP contribution is -2.64. The molecule has 1 heterocycles. The smallest absolute Gasteiger partial charge is 0.394 e. The van der Waals surface area contributed by atoms with Crippen LogP contribution in [0.3, 0.4) is 0 Å². The van der Waals surface area contributed by atoms with Crippen molar-refractivity contribution in [1.29, 1.82) is 0 Å². The summed E-state index contributed by atoms with van der Waals surface area (Å²) < 4.78 is 38.2. The minimum atomic E-state index is -4.80. The minimum Gasteiger partial charge on any atom is -0.394 e. The molecular weight excluding hydrogens is 249 g/mol. The van der Waals surface area contributed by atoms with Crippen molar-refractivity contribution in [2.24, 2.45) is 5.73 Å². The fourth-order valence-electron chi connectivity index (χ4n) is 2.05. The molecule has 0 aromatic rings. The Morgan fingerprint density at radius 1 is 1.39 bits per heavy atom. The molecule has 0 aromatic heterocycles. The normalized spacial score (nSPS) is 25.4. The van der Waals surface area contributed by atoms with Gasteiger partial charge in [-0.25, -0.2) is 0 Å². The van der Waals surface area contributed by atoms with Crippen LogP contribution in [-0.2, 0) is 4.79 Å². The van der Waals surface area contributed by atoms with Gasteiger partial charge in [0, 0.05) is 6.54 Å². The number of hydrogen-bond donors (Lipinski definition) is 2. The molecule has 0 radical (unpaired) electrons. The van der Waals surface area contributed by atoms with Crippen molar-refractivity contribution in [2.45, 2.75) is 50.4 Å². The fraction of sp³-hybridized carbons (Fsp3) is 0.909. The first-order valence-corrected chi connectivity index (χ1v) is 5.99. The molecule has 0 bridgehead atoms. The van der Waals surface area contributed by atoms with Gasteiger partial charge in [0.15, 0.2) is 5.54 Å². The predicted molar refractivity (Wildman–Crippen MR) is 59.7 cm³/mol. The van der Waals surface area contributed by atoms with E-state index in [9.17, 15) is 23.1 Å². The molecule has 106 valence electrons. The Hall–Kier alpha value is -0.820. The van der Waals surface area contributed by atoms with Crippen molar-refractivity contribution in [2.75, 3.05) is 13.2 Å². The van der Waals surface area contributed by atoms with Crippen LogP contribution in [0.2, 0.25) is 0 Å². The first-order chi connectivity index (χ1) is 8.21. The molecule has 2 atom stereocenters. The van der Waals surface area contributed by atoms with Gasteiger partial charge >= 0.3 is 6.18 Å². The highest BCUT2D eigenvalue weighted by atomic mass is 19.4. The first-order valence-electron chi connectivity index (χ1n) is 5.99. The van der Waals surface area contributed by atoms with Crippen molar-refractivity contribution in [3.05, 3.63) is 0 Å². The van der Waals surface area contributed by atoms with Gasteiger partial charge in [-0.1, -0.05) is 12.8 Å². The number of carbonyl (C=O) groups excluding carboxylic acids is 1. The third kappa shape index (κ3) is 2.95. The lowest BCUT2D eigenvalue weighted by atomic mass is 9.99. The van der Waals surface area contributed by atoms with E-state index < -0.39 is 23.7 Å². The summed E-state index contributed by atoms with van der Waals surface area (Å²) >= 11 is 0. The number of aliphatic hydroxyl groups is 1. The number of nitrogens with zero attached hydrogens (tertiary/aromatic N) is 1. The quantitative estimate of drug-likeness (QED) is 0.786. The lowest BCUT2D eigenvalue weighted by Gasteiger charge is -2.36. The van der Waals surface area contributed by atoms with Gasteiger partial charge in [0.1, 0.15) is 0 Å². The zero-order chi connectivity index (χ0) is 14.0. The van der Waals surface area contributed by atoms with Gasteiger partial charge in [-0.3, -0.25) is 4.79 Å². The molecule has 1 aliphatic heterocycles. The van der Waals surface area contributed by atoms with E-state index in [0.717, 1.165) is 17.7 Å². The van der Waals surface area contributed by atoms with E-state index in [0.29, 0.717) is 19.8 Å². The van der Waals surface area contributed by atoms with Gasteiger partial charge in [0.25, 0.3) is 5.91 Å². The summed E-state index contributed by atoms with van der Waals surface area (Å²) in [4.78, 5) is 13.0. The Morgan fingerprint density at radius 3 is 2.50 bits per heavy atom. The number of alkyl halides is 3. The van der Waals surface area contributed by atoms with E-state index in [2.05, 4.69) is 0 Å². The van der Waals surface area contributed by atoms with E-state index in [4.69, 9.17) is 5.73 Å². The Bertz CT molecular complexity index is 305. The van der Waals surface area contributed by atoms with Crippen LogP contribution in [0, 0.1) is 0 Å². The molecule has 1 amide bonds. The Balaban J connectivity index is 2.92. The lowest BCUT2D eigenvalue weighted by molar-refractivity contribution is -0.195. The number of rotatable bonds is 2. The Kier molecular flexibility index (Phi) is 4.61. The highest BCUT2D eigenvalue weighted by molar-refractivity contribution is 5.87. The average molecular weight is 268 g/mol. The third-order valence-corrected chi connectivity index (χ3v) is 3.38. The molecule has 3 N–H and O–H groups in total. The topological polar surface area (TPSA) is 66.6 Å². The van der Waals surface area contributed by atoms with Crippen LogP contribution in [0.4, 0.5) is 13.2 Å². The Labute approximate surface area is 104 Å². The van der Waals surface area contributed by atoms with Gasteiger partial charge in [-0.05, 0) is 19.8 Å². The van der Waals surface area contributed by atoms with Gasteiger partial charge in [-0.15, -0.1) is 0 Å². The molecule has 1 fully saturated rings. The Morgan fingerprint density at radius 2 is 2.00 bits per heavy atom. The maximum absolute atomic E-state index is 12.7. The molecule has 0 aliphatic carbocycles. The van der Waals surface area contributed by atoms with Crippen LogP contribution in [0.15, 0.2) is 0 Å². The highest BCUT2D eigenvalue weighted by Gasteiger charge is 2.56. The van der Waals surface area contributed by atoms with E-state index in [1.54, 1.807) is 0 Å². The van der Waals surface area contributed by atoms with Crippen molar-refractivity contribution in [3.63, 3.8) is 0 Å². The molecule has 7 heteroatoms. The van der Waals surface area contributed by atoms with Crippen LogP contribution >= 0.6 is 0 Å². The molecule has 0 saturated carbocycles. The summed E-state index contributed by atoms with van der Waals surface area (Å²) in [5.74, 6) is -1.16. The maximum Gasteiger partial charge on any atom is 0.415 e. The number of carbonyl (C=O) groups is 1. The van der Waals surface area contributed by atoms with Gasteiger partial charge in [0.2, 0.25) is 0 Å². The van der Waals surface area contributed by atoms with Gasteiger partial charge in [-0.2, -0.15) is 13.2 Å². The number of aliphatic hydroxyl groups excluding tert-OH is 1. The van der Waals surface area contributed by atoms with E-state index >= 15 is 0 Å². The standard InChI is InChI=1S/C11H19F3N2O2/c1-10(15,11(12,13)14)9(18)16-6-4-2-3-5-8(16)7-17/h8,17H,2-7,15H2,1H3. The molecule has 1 aliphatic rings. The second-order valence-corrected chi connectivity index (χ2v) is 4.88. The molecule has 1 saturated heterocycles. The predicted octanol–water partition coefficient (Wildman–Crippen LogP) is 1.03. The molecule has 2 unspecified atom stereocenters.